The quantitative estimate of drug-likeness (QED) is 0.445. The molecule has 40 heavy (non-hydrogen) atoms. The summed E-state index contributed by atoms with van der Waals surface area (Å²) >= 11 is 6.18. The molecule has 1 N–H and O–H groups in total. The fraction of sp³-hybridized carbons (Fsp3) is 0.269. The number of likely N-dealkylation sites (tertiary alicyclic amines) is 1. The number of nitrogens with one attached hydrogen (secondary N) is 1. The fourth-order valence-corrected chi connectivity index (χ4v) is 4.63. The van der Waals surface area contributed by atoms with Crippen molar-refractivity contribution >= 4 is 47.0 Å². The Kier molecular flexibility index (Phi) is 8.73. The number of para-hydroxylation sites is 1. The summed E-state index contributed by atoms with van der Waals surface area (Å²) in [4.78, 5) is 32.0. The lowest BCUT2D eigenvalue weighted by Crippen LogP contribution is -2.51. The highest BCUT2D eigenvalue weighted by atomic mass is 35.5. The van der Waals surface area contributed by atoms with Crippen molar-refractivity contribution in [1.82, 2.24) is 15.2 Å². The summed E-state index contributed by atoms with van der Waals surface area (Å²) in [5, 5.41) is 0.791. The monoisotopic (exact) mass is 563 g/mol. The Morgan fingerprint density at radius 2 is 1.70 bits per heavy atom. The van der Waals surface area contributed by atoms with Crippen molar-refractivity contribution < 1.29 is 32.2 Å². The zero-order valence-electron chi connectivity index (χ0n) is 20.9. The SMILES string of the molecule is [B]C([B])([B])Oc1ncc(C(=O)N2CC[C@@H](NC(=O)c3ccccc3OC(F)(F)F)[C@@H](c3ccccc3)C2)cc1Cl. The van der Waals surface area contributed by atoms with E-state index in [9.17, 15) is 22.8 Å². The first-order valence-electron chi connectivity index (χ1n) is 12.0. The number of carbonyl (C=O) groups excluding carboxylic acids is 2. The Hall–Kier alpha value is -3.60. The van der Waals surface area contributed by atoms with Gasteiger partial charge in [-0.2, -0.15) is 0 Å². The maximum atomic E-state index is 13.4. The van der Waals surface area contributed by atoms with Crippen LogP contribution < -0.4 is 14.8 Å². The summed E-state index contributed by atoms with van der Waals surface area (Å²) < 4.78 is 47.7. The third-order valence-corrected chi connectivity index (χ3v) is 6.40. The Morgan fingerprint density at radius 3 is 2.35 bits per heavy atom. The molecule has 2 atom stereocenters. The van der Waals surface area contributed by atoms with E-state index in [1.807, 2.05) is 30.3 Å². The van der Waals surface area contributed by atoms with Crippen LogP contribution in [0.2, 0.25) is 5.02 Å². The van der Waals surface area contributed by atoms with E-state index >= 15 is 0 Å². The summed E-state index contributed by atoms with van der Waals surface area (Å²) in [6, 6.07) is 15.1. The highest BCUT2D eigenvalue weighted by Crippen LogP contribution is 2.31. The second-order valence-electron chi connectivity index (χ2n) is 9.15. The van der Waals surface area contributed by atoms with Gasteiger partial charge in [0.15, 0.2) is 0 Å². The molecule has 0 bridgehead atoms. The molecule has 0 unspecified atom stereocenters. The van der Waals surface area contributed by atoms with Gasteiger partial charge >= 0.3 is 6.36 Å². The van der Waals surface area contributed by atoms with Crippen molar-refractivity contribution in [1.29, 1.82) is 0 Å². The van der Waals surface area contributed by atoms with E-state index in [1.54, 1.807) is 4.90 Å². The van der Waals surface area contributed by atoms with Crippen LogP contribution >= 0.6 is 11.6 Å². The molecule has 3 aromatic rings. The molecule has 7 nitrogen and oxygen atoms in total. The fourth-order valence-electron chi connectivity index (χ4n) is 4.43. The van der Waals surface area contributed by atoms with Crippen molar-refractivity contribution in [2.45, 2.75) is 30.0 Å². The number of alkyl halides is 3. The normalized spacial score (nSPS) is 17.6. The molecule has 1 aromatic heterocycles. The van der Waals surface area contributed by atoms with Crippen LogP contribution in [-0.2, 0) is 0 Å². The number of hydrogen-bond acceptors (Lipinski definition) is 5. The van der Waals surface area contributed by atoms with Gasteiger partial charge in [0.1, 0.15) is 34.3 Å². The first-order chi connectivity index (χ1) is 18.8. The van der Waals surface area contributed by atoms with Gasteiger partial charge in [-0.25, -0.2) is 4.98 Å². The molecule has 0 spiro atoms. The molecule has 2 heterocycles. The van der Waals surface area contributed by atoms with Crippen molar-refractivity contribution in [3.63, 3.8) is 0 Å². The van der Waals surface area contributed by atoms with Crippen LogP contribution in [0.1, 0.15) is 38.6 Å². The first-order valence-corrected chi connectivity index (χ1v) is 12.4. The van der Waals surface area contributed by atoms with E-state index in [2.05, 4.69) is 15.0 Å². The molecule has 0 saturated carbocycles. The number of rotatable bonds is 7. The van der Waals surface area contributed by atoms with Crippen molar-refractivity contribution in [3.05, 3.63) is 88.6 Å². The highest BCUT2D eigenvalue weighted by molar-refractivity contribution is 6.58. The van der Waals surface area contributed by atoms with Gasteiger partial charge in [0, 0.05) is 31.2 Å². The van der Waals surface area contributed by atoms with E-state index in [-0.39, 0.29) is 46.9 Å². The second kappa shape index (κ2) is 11.9. The van der Waals surface area contributed by atoms with Gasteiger partial charge in [-0.15, -0.1) is 13.2 Å². The lowest BCUT2D eigenvalue weighted by molar-refractivity contribution is -0.274. The predicted molar refractivity (Wildman–Crippen MR) is 144 cm³/mol. The first kappa shape index (κ1) is 29.4. The molecule has 1 aliphatic rings. The van der Waals surface area contributed by atoms with Crippen LogP contribution in [-0.4, -0.2) is 76.0 Å². The smallest absolute Gasteiger partial charge is 0.500 e. The van der Waals surface area contributed by atoms with E-state index in [0.717, 1.165) is 11.6 Å². The van der Waals surface area contributed by atoms with Gasteiger partial charge in [-0.1, -0.05) is 54.1 Å². The zero-order chi connectivity index (χ0) is 29.1. The minimum absolute atomic E-state index is 0.0296. The molecule has 1 fully saturated rings. The number of piperidine rings is 1. The number of ether oxygens (including phenoxy) is 2. The van der Waals surface area contributed by atoms with Crippen LogP contribution in [0.5, 0.6) is 11.6 Å². The standard InChI is InChI=1S/C26H20B3ClF3N3O4/c27-25(28,29)40-23-19(30)12-16(13-34-23)24(38)36-11-10-20(18(14-36)15-6-2-1-3-7-15)35-22(37)17-8-4-5-9-21(17)39-26(31,32)33/h1-9,12-13,18,20H,10-11,14H2,(H,35,37)/t18-,20-/m1/s1. The minimum atomic E-state index is -4.96. The van der Waals surface area contributed by atoms with Crippen molar-refractivity contribution in [3.8, 4) is 11.6 Å². The van der Waals surface area contributed by atoms with Gasteiger partial charge in [0.25, 0.3) is 11.8 Å². The Bertz CT molecular complexity index is 1380. The minimum Gasteiger partial charge on any atom is -0.500 e. The number of benzene rings is 2. The molecule has 6 radical (unpaired) electrons. The highest BCUT2D eigenvalue weighted by Gasteiger charge is 2.36. The number of pyridine rings is 1. The van der Waals surface area contributed by atoms with E-state index < -0.39 is 29.4 Å². The predicted octanol–water partition coefficient (Wildman–Crippen LogP) is 3.56. The third kappa shape index (κ3) is 7.53. The number of aromatic nitrogens is 1. The van der Waals surface area contributed by atoms with E-state index in [0.29, 0.717) is 6.42 Å². The van der Waals surface area contributed by atoms with Crippen LogP contribution in [0.25, 0.3) is 0 Å². The topological polar surface area (TPSA) is 80.8 Å². The van der Waals surface area contributed by atoms with Crippen LogP contribution in [0.4, 0.5) is 13.2 Å². The van der Waals surface area contributed by atoms with Gasteiger partial charge in [-0.3, -0.25) is 9.59 Å². The average Bonchev–Trinajstić information content (AvgIpc) is 2.89. The molecule has 2 amide bonds. The summed E-state index contributed by atoms with van der Waals surface area (Å²) in [7, 11) is 16.2. The average molecular weight is 563 g/mol. The van der Waals surface area contributed by atoms with Gasteiger partial charge in [0.2, 0.25) is 5.88 Å². The summed E-state index contributed by atoms with van der Waals surface area (Å²) in [5.74, 6) is -2.24. The van der Waals surface area contributed by atoms with Gasteiger partial charge in [0.05, 0.1) is 11.1 Å². The maximum Gasteiger partial charge on any atom is 0.573 e. The summed E-state index contributed by atoms with van der Waals surface area (Å²) in [6.07, 6.45) is -3.39. The number of amides is 2. The lowest BCUT2D eigenvalue weighted by Gasteiger charge is -2.39. The maximum absolute atomic E-state index is 13.4. The van der Waals surface area contributed by atoms with Gasteiger partial charge < -0.3 is 19.7 Å². The number of hydrogen-bond donors (Lipinski definition) is 1. The molecular weight excluding hydrogens is 543 g/mol. The van der Waals surface area contributed by atoms with Crippen molar-refractivity contribution in [2.75, 3.05) is 13.1 Å². The molecule has 14 heteroatoms. The zero-order valence-corrected chi connectivity index (χ0v) is 21.7. The largest absolute Gasteiger partial charge is 0.573 e. The molecule has 2 aromatic carbocycles. The molecule has 4 rings (SSSR count). The third-order valence-electron chi connectivity index (χ3n) is 6.13. The Morgan fingerprint density at radius 1 is 1.02 bits per heavy atom. The van der Waals surface area contributed by atoms with Crippen LogP contribution in [0.3, 0.4) is 0 Å². The molecule has 0 aliphatic carbocycles. The second-order valence-corrected chi connectivity index (χ2v) is 9.55. The molecule has 1 aliphatic heterocycles. The molecule has 200 valence electrons. The van der Waals surface area contributed by atoms with Gasteiger partial charge in [-0.05, 0) is 35.5 Å². The van der Waals surface area contributed by atoms with E-state index in [1.165, 1.54) is 30.5 Å². The number of nitrogens with zero attached hydrogens (tertiary/aromatic N) is 2. The Labute approximate surface area is 237 Å². The number of carbonyl (C=O) groups is 2. The van der Waals surface area contributed by atoms with Crippen LogP contribution in [0, 0.1) is 0 Å². The molecule has 1 saturated heterocycles. The van der Waals surface area contributed by atoms with Crippen molar-refractivity contribution in [2.24, 2.45) is 0 Å². The van der Waals surface area contributed by atoms with E-state index in [4.69, 9.17) is 39.9 Å². The van der Waals surface area contributed by atoms with Crippen LogP contribution in [0.15, 0.2) is 66.9 Å². The number of halogens is 4. The lowest BCUT2D eigenvalue weighted by atomic mass is 9.52. The summed E-state index contributed by atoms with van der Waals surface area (Å²) in [6.45, 7) is 0.434. The summed E-state index contributed by atoms with van der Waals surface area (Å²) in [5.41, 5.74) is 0.737. The molecular formula is C26H20B3ClF3N3O4. The Balaban J connectivity index is 1.54.